The first-order valence-corrected chi connectivity index (χ1v) is 29.2. The third-order valence-corrected chi connectivity index (χ3v) is 13.5. The van der Waals surface area contributed by atoms with E-state index in [2.05, 4.69) is 34.6 Å². The van der Waals surface area contributed by atoms with Gasteiger partial charge in [0.1, 0.15) is 13.2 Å². The Morgan fingerprint density at radius 2 is 0.508 bits per heavy atom. The van der Waals surface area contributed by atoms with E-state index >= 15 is 0 Å². The van der Waals surface area contributed by atoms with Crippen molar-refractivity contribution in [3.8, 4) is 0 Å². The monoisotopic (exact) mass is 919 g/mol. The average Bonchev–Trinajstić information content (AvgIpc) is 3.28. The second kappa shape index (κ2) is 51.8. The van der Waals surface area contributed by atoms with Crippen LogP contribution in [0.5, 0.6) is 0 Å². The molecule has 0 N–H and O–H groups in total. The quantitative estimate of drug-likeness (QED) is 0.0344. The maximum absolute atomic E-state index is 12.8. The van der Waals surface area contributed by atoms with Crippen molar-refractivity contribution in [2.24, 2.45) is 11.8 Å². The number of hydrogen-bond donors (Lipinski definition) is 0. The lowest BCUT2D eigenvalue weighted by Gasteiger charge is -2.18. The fourth-order valence-corrected chi connectivity index (χ4v) is 9.05. The van der Waals surface area contributed by atoms with Crippen molar-refractivity contribution in [2.75, 3.05) is 13.2 Å². The Hall–Kier alpha value is -1.59. The van der Waals surface area contributed by atoms with E-state index in [1.165, 1.54) is 218 Å². The molecule has 0 fully saturated rings. The summed E-state index contributed by atoms with van der Waals surface area (Å²) in [6.07, 6.45) is 55.2. The van der Waals surface area contributed by atoms with Gasteiger partial charge in [0, 0.05) is 19.3 Å². The van der Waals surface area contributed by atoms with Gasteiger partial charge in [-0.1, -0.05) is 291 Å². The van der Waals surface area contributed by atoms with Gasteiger partial charge in [0.05, 0.1) is 0 Å². The van der Waals surface area contributed by atoms with E-state index < -0.39 is 6.10 Å². The molecule has 0 spiro atoms. The van der Waals surface area contributed by atoms with Crippen LogP contribution in [0.1, 0.15) is 330 Å². The van der Waals surface area contributed by atoms with Crippen LogP contribution < -0.4 is 0 Å². The third-order valence-electron chi connectivity index (χ3n) is 13.5. The van der Waals surface area contributed by atoms with Crippen molar-refractivity contribution in [3.05, 3.63) is 0 Å². The van der Waals surface area contributed by atoms with Crippen molar-refractivity contribution in [1.82, 2.24) is 0 Å². The van der Waals surface area contributed by atoms with Gasteiger partial charge in [-0.2, -0.15) is 0 Å². The minimum absolute atomic E-state index is 0.0627. The summed E-state index contributed by atoms with van der Waals surface area (Å²) in [6, 6.07) is 0. The molecule has 0 aromatic rings. The summed E-state index contributed by atoms with van der Waals surface area (Å²) in [6.45, 7) is 11.4. The van der Waals surface area contributed by atoms with Gasteiger partial charge in [-0.15, -0.1) is 0 Å². The standard InChI is InChI=1S/C59H114O6/c1-6-7-8-9-10-11-12-13-14-17-20-23-29-34-39-44-49-57(60)63-52-56(65-59(62)51-46-41-36-31-26-25-28-33-38-43-48-55(4)5)53-64-58(61)50-45-40-35-30-24-21-18-15-16-19-22-27-32-37-42-47-54(2)3/h54-56H,6-53H2,1-5H3/t56-/m0/s1. The molecule has 0 bridgehead atoms. The zero-order chi connectivity index (χ0) is 47.5. The molecule has 0 saturated carbocycles. The molecule has 6 nitrogen and oxygen atoms in total. The normalized spacial score (nSPS) is 12.0. The highest BCUT2D eigenvalue weighted by molar-refractivity contribution is 5.71. The molecule has 0 heterocycles. The Bertz CT molecular complexity index is 993. The molecule has 65 heavy (non-hydrogen) atoms. The van der Waals surface area contributed by atoms with Crippen molar-refractivity contribution in [1.29, 1.82) is 0 Å². The Balaban J connectivity index is 4.27. The predicted molar refractivity (Wildman–Crippen MR) is 280 cm³/mol. The lowest BCUT2D eigenvalue weighted by atomic mass is 10.0. The minimum Gasteiger partial charge on any atom is -0.462 e. The number of carbonyl (C=O) groups is 3. The maximum Gasteiger partial charge on any atom is 0.306 e. The van der Waals surface area contributed by atoms with Crippen LogP contribution in [-0.2, 0) is 28.6 Å². The van der Waals surface area contributed by atoms with Gasteiger partial charge in [-0.25, -0.2) is 0 Å². The van der Waals surface area contributed by atoms with E-state index in [0.29, 0.717) is 19.3 Å². The van der Waals surface area contributed by atoms with E-state index in [9.17, 15) is 14.4 Å². The van der Waals surface area contributed by atoms with Gasteiger partial charge in [0.2, 0.25) is 0 Å². The summed E-state index contributed by atoms with van der Waals surface area (Å²) < 4.78 is 16.9. The maximum atomic E-state index is 12.8. The van der Waals surface area contributed by atoms with Gasteiger partial charge in [-0.3, -0.25) is 14.4 Å². The number of hydrogen-bond acceptors (Lipinski definition) is 6. The summed E-state index contributed by atoms with van der Waals surface area (Å²) in [5.41, 5.74) is 0. The molecule has 0 aliphatic heterocycles. The lowest BCUT2D eigenvalue weighted by Crippen LogP contribution is -2.30. The van der Waals surface area contributed by atoms with Gasteiger partial charge < -0.3 is 14.2 Å². The summed E-state index contributed by atoms with van der Waals surface area (Å²) >= 11 is 0. The Kier molecular flexibility index (Phi) is 50.5. The summed E-state index contributed by atoms with van der Waals surface area (Å²) in [5, 5.41) is 0. The van der Waals surface area contributed by atoms with Gasteiger partial charge in [0.15, 0.2) is 6.10 Å². The Morgan fingerprint density at radius 1 is 0.292 bits per heavy atom. The Morgan fingerprint density at radius 3 is 0.754 bits per heavy atom. The van der Waals surface area contributed by atoms with Crippen molar-refractivity contribution in [2.45, 2.75) is 336 Å². The molecule has 0 aliphatic rings. The molecule has 0 amide bonds. The van der Waals surface area contributed by atoms with E-state index in [-0.39, 0.29) is 31.1 Å². The second-order valence-electron chi connectivity index (χ2n) is 21.2. The summed E-state index contributed by atoms with van der Waals surface area (Å²) in [5.74, 6) is 0.826. The number of rotatable bonds is 53. The number of carbonyl (C=O) groups excluding carboxylic acids is 3. The third kappa shape index (κ3) is 53.2. The molecular formula is C59H114O6. The SMILES string of the molecule is CCCCCCCCCCCCCCCCCCC(=O)OC[C@@H](COC(=O)CCCCCCCCCCCCCCCCCC(C)C)OC(=O)CCCCCCCCCCCCC(C)C. The topological polar surface area (TPSA) is 78.9 Å². The molecule has 0 unspecified atom stereocenters. The smallest absolute Gasteiger partial charge is 0.306 e. The predicted octanol–water partition coefficient (Wildman–Crippen LogP) is 19.3. The van der Waals surface area contributed by atoms with Crippen LogP contribution in [0.3, 0.4) is 0 Å². The highest BCUT2D eigenvalue weighted by Crippen LogP contribution is 2.18. The summed E-state index contributed by atoms with van der Waals surface area (Å²) in [4.78, 5) is 38.1. The van der Waals surface area contributed by atoms with Crippen LogP contribution in [0.4, 0.5) is 0 Å². The fraction of sp³-hybridized carbons (Fsp3) is 0.949. The first-order chi connectivity index (χ1) is 31.7. The average molecular weight is 920 g/mol. The molecule has 0 rings (SSSR count). The Labute approximate surface area is 406 Å². The highest BCUT2D eigenvalue weighted by Gasteiger charge is 2.19. The molecule has 0 aromatic heterocycles. The zero-order valence-corrected chi connectivity index (χ0v) is 44.6. The lowest BCUT2D eigenvalue weighted by molar-refractivity contribution is -0.167. The number of unbranched alkanes of at least 4 members (excludes halogenated alkanes) is 38. The zero-order valence-electron chi connectivity index (χ0n) is 44.6. The molecule has 386 valence electrons. The van der Waals surface area contributed by atoms with Crippen molar-refractivity contribution >= 4 is 17.9 Å². The molecule has 0 saturated heterocycles. The van der Waals surface area contributed by atoms with Crippen LogP contribution in [0, 0.1) is 11.8 Å². The van der Waals surface area contributed by atoms with Crippen LogP contribution in [0.15, 0.2) is 0 Å². The second-order valence-corrected chi connectivity index (χ2v) is 21.2. The number of esters is 3. The highest BCUT2D eigenvalue weighted by atomic mass is 16.6. The summed E-state index contributed by atoms with van der Waals surface area (Å²) in [7, 11) is 0. The van der Waals surface area contributed by atoms with E-state index in [4.69, 9.17) is 14.2 Å². The largest absolute Gasteiger partial charge is 0.462 e. The van der Waals surface area contributed by atoms with Crippen LogP contribution >= 0.6 is 0 Å². The van der Waals surface area contributed by atoms with Crippen LogP contribution in [-0.4, -0.2) is 37.2 Å². The van der Waals surface area contributed by atoms with E-state index in [1.54, 1.807) is 0 Å². The van der Waals surface area contributed by atoms with Crippen LogP contribution in [0.2, 0.25) is 0 Å². The van der Waals surface area contributed by atoms with Crippen molar-refractivity contribution in [3.63, 3.8) is 0 Å². The van der Waals surface area contributed by atoms with Gasteiger partial charge in [0.25, 0.3) is 0 Å². The van der Waals surface area contributed by atoms with E-state index in [0.717, 1.165) is 69.6 Å². The minimum atomic E-state index is -0.763. The molecular weight excluding hydrogens is 805 g/mol. The van der Waals surface area contributed by atoms with Crippen molar-refractivity contribution < 1.29 is 28.6 Å². The first-order valence-electron chi connectivity index (χ1n) is 29.2. The molecule has 0 aliphatic carbocycles. The molecule has 1 atom stereocenters. The molecule has 0 radical (unpaired) electrons. The molecule has 6 heteroatoms. The van der Waals surface area contributed by atoms with Gasteiger partial charge >= 0.3 is 17.9 Å². The molecule has 0 aromatic carbocycles. The first kappa shape index (κ1) is 63.4. The van der Waals surface area contributed by atoms with E-state index in [1.807, 2.05) is 0 Å². The number of ether oxygens (including phenoxy) is 3. The van der Waals surface area contributed by atoms with Crippen LogP contribution in [0.25, 0.3) is 0 Å². The fourth-order valence-electron chi connectivity index (χ4n) is 9.05. The van der Waals surface area contributed by atoms with Gasteiger partial charge in [-0.05, 0) is 31.1 Å².